The minimum Gasteiger partial charge on any atom is -0.417 e. The van der Waals surface area contributed by atoms with Crippen LogP contribution in [0.4, 0.5) is 0 Å². The zero-order chi connectivity index (χ0) is 21.8. The van der Waals surface area contributed by atoms with Crippen molar-refractivity contribution in [3.05, 3.63) is 60.7 Å². The van der Waals surface area contributed by atoms with E-state index in [0.717, 1.165) is 19.6 Å². The second kappa shape index (κ2) is 9.29. The van der Waals surface area contributed by atoms with Crippen molar-refractivity contribution in [2.45, 2.75) is 71.1 Å². The Bertz CT molecular complexity index is 704. The lowest BCUT2D eigenvalue weighted by Crippen LogP contribution is -2.66. The molecule has 2 aromatic carbocycles. The minimum absolute atomic E-state index is 0.0238. The summed E-state index contributed by atoms with van der Waals surface area (Å²) in [6.07, 6.45) is 0.928. The third kappa shape index (κ3) is 5.49. The summed E-state index contributed by atoms with van der Waals surface area (Å²) in [5, 5.41) is 2.94. The SMILES string of the molecule is CC(C)(C)[Si](C)(C)OCCCO[Si](c1ccccc1)(c1ccccc1)C(C)(C)C. The predicted octanol–water partition coefficient (Wildman–Crippen LogP) is 5.97. The van der Waals surface area contributed by atoms with Gasteiger partial charge in [-0.3, -0.25) is 0 Å². The summed E-state index contributed by atoms with van der Waals surface area (Å²) in [6, 6.07) is 21.7. The first-order chi connectivity index (χ1) is 13.4. The molecule has 0 atom stereocenters. The van der Waals surface area contributed by atoms with Crippen molar-refractivity contribution < 1.29 is 8.85 Å². The van der Waals surface area contributed by atoms with E-state index in [2.05, 4.69) is 115 Å². The van der Waals surface area contributed by atoms with Crippen LogP contribution in [0.15, 0.2) is 60.7 Å². The highest BCUT2D eigenvalue weighted by Crippen LogP contribution is 2.38. The summed E-state index contributed by atoms with van der Waals surface area (Å²) >= 11 is 0. The Balaban J connectivity index is 2.24. The summed E-state index contributed by atoms with van der Waals surface area (Å²) in [4.78, 5) is 0. The van der Waals surface area contributed by atoms with Gasteiger partial charge in [-0.05, 0) is 40.0 Å². The van der Waals surface area contributed by atoms with Crippen LogP contribution in [0, 0.1) is 0 Å². The summed E-state index contributed by atoms with van der Waals surface area (Å²) in [6.45, 7) is 20.0. The number of hydrogen-bond donors (Lipinski definition) is 0. The van der Waals surface area contributed by atoms with Gasteiger partial charge in [0.1, 0.15) is 0 Å². The molecule has 0 aromatic heterocycles. The van der Waals surface area contributed by atoms with Crippen LogP contribution in [-0.2, 0) is 8.85 Å². The van der Waals surface area contributed by atoms with Crippen LogP contribution in [-0.4, -0.2) is 29.8 Å². The molecule has 0 saturated heterocycles. The van der Waals surface area contributed by atoms with Crippen molar-refractivity contribution >= 4 is 27.0 Å². The second-order valence-electron chi connectivity index (χ2n) is 10.5. The van der Waals surface area contributed by atoms with E-state index in [0.29, 0.717) is 0 Å². The average Bonchev–Trinajstić information content (AvgIpc) is 2.64. The van der Waals surface area contributed by atoms with Gasteiger partial charge in [0.05, 0.1) is 0 Å². The molecule has 2 aromatic rings. The molecule has 0 amide bonds. The fourth-order valence-corrected chi connectivity index (χ4v) is 9.28. The molecule has 0 saturated carbocycles. The Kier molecular flexibility index (Phi) is 7.71. The van der Waals surface area contributed by atoms with E-state index < -0.39 is 16.6 Å². The van der Waals surface area contributed by atoms with Crippen LogP contribution in [0.5, 0.6) is 0 Å². The van der Waals surface area contributed by atoms with Crippen LogP contribution in [0.2, 0.25) is 23.2 Å². The van der Waals surface area contributed by atoms with E-state index in [9.17, 15) is 0 Å². The molecular weight excluding hydrogens is 388 g/mol. The van der Waals surface area contributed by atoms with Gasteiger partial charge >= 0.3 is 0 Å². The molecule has 0 N–H and O–H groups in total. The van der Waals surface area contributed by atoms with Crippen molar-refractivity contribution in [2.24, 2.45) is 0 Å². The quantitative estimate of drug-likeness (QED) is 0.380. The Hall–Kier alpha value is -1.21. The zero-order valence-corrected chi connectivity index (χ0v) is 21.7. The smallest absolute Gasteiger partial charge is 0.261 e. The van der Waals surface area contributed by atoms with Gasteiger partial charge in [-0.2, -0.15) is 0 Å². The molecular formula is C25H40O2Si2. The number of benzene rings is 2. The third-order valence-corrected chi connectivity index (χ3v) is 15.9. The molecule has 2 nitrogen and oxygen atoms in total. The normalized spacial score (nSPS) is 13.5. The number of rotatable bonds is 8. The lowest BCUT2D eigenvalue weighted by atomic mass is 10.2. The van der Waals surface area contributed by atoms with Crippen molar-refractivity contribution in [2.75, 3.05) is 13.2 Å². The molecule has 0 radical (unpaired) electrons. The molecule has 2 rings (SSSR count). The molecule has 4 heteroatoms. The largest absolute Gasteiger partial charge is 0.417 e. The van der Waals surface area contributed by atoms with Crippen LogP contribution >= 0.6 is 0 Å². The van der Waals surface area contributed by atoms with Crippen LogP contribution in [0.25, 0.3) is 0 Å². The first-order valence-electron chi connectivity index (χ1n) is 10.8. The zero-order valence-electron chi connectivity index (χ0n) is 19.7. The van der Waals surface area contributed by atoms with Gasteiger partial charge in [0.2, 0.25) is 0 Å². The molecule has 0 spiro atoms. The van der Waals surface area contributed by atoms with Gasteiger partial charge in [0.15, 0.2) is 8.32 Å². The molecule has 0 bridgehead atoms. The Labute approximate surface area is 180 Å². The predicted molar refractivity (Wildman–Crippen MR) is 131 cm³/mol. The summed E-state index contributed by atoms with van der Waals surface area (Å²) < 4.78 is 13.3. The van der Waals surface area contributed by atoms with Crippen molar-refractivity contribution in [3.63, 3.8) is 0 Å². The van der Waals surface area contributed by atoms with Gasteiger partial charge in [-0.1, -0.05) is 102 Å². The lowest BCUT2D eigenvalue weighted by molar-refractivity contribution is 0.226. The fraction of sp³-hybridized carbons (Fsp3) is 0.520. The second-order valence-corrected chi connectivity index (χ2v) is 19.6. The van der Waals surface area contributed by atoms with Crippen molar-refractivity contribution in [1.82, 2.24) is 0 Å². The molecule has 0 aliphatic rings. The topological polar surface area (TPSA) is 18.5 Å². The van der Waals surface area contributed by atoms with Crippen molar-refractivity contribution in [1.29, 1.82) is 0 Å². The highest BCUT2D eigenvalue weighted by Gasteiger charge is 2.50. The van der Waals surface area contributed by atoms with E-state index >= 15 is 0 Å². The first kappa shape index (κ1) is 24.1. The van der Waals surface area contributed by atoms with Gasteiger partial charge < -0.3 is 8.85 Å². The minimum atomic E-state index is -2.43. The number of hydrogen-bond acceptors (Lipinski definition) is 2. The maximum atomic E-state index is 6.94. The van der Waals surface area contributed by atoms with E-state index in [1.54, 1.807) is 0 Å². The molecule has 160 valence electrons. The molecule has 29 heavy (non-hydrogen) atoms. The molecule has 0 heterocycles. The Morgan fingerprint density at radius 2 is 1.03 bits per heavy atom. The highest BCUT2D eigenvalue weighted by molar-refractivity contribution is 6.99. The average molecular weight is 429 g/mol. The summed E-state index contributed by atoms with van der Waals surface area (Å²) in [5.41, 5.74) is 0. The Morgan fingerprint density at radius 3 is 1.41 bits per heavy atom. The molecule has 0 aliphatic carbocycles. The lowest BCUT2D eigenvalue weighted by Gasteiger charge is -2.43. The molecule has 0 fully saturated rings. The summed E-state index contributed by atoms with van der Waals surface area (Å²) in [5.74, 6) is 0. The van der Waals surface area contributed by atoms with Gasteiger partial charge in [-0.25, -0.2) is 0 Å². The van der Waals surface area contributed by atoms with E-state index in [-0.39, 0.29) is 10.1 Å². The molecule has 0 unspecified atom stereocenters. The van der Waals surface area contributed by atoms with E-state index in [1.807, 2.05) is 0 Å². The van der Waals surface area contributed by atoms with Crippen LogP contribution in [0.3, 0.4) is 0 Å². The maximum Gasteiger partial charge on any atom is 0.261 e. The standard InChI is InChI=1S/C25H40O2Si2/c1-24(2,3)28(7,8)26-20-15-21-27-29(25(4,5)6,22-16-11-9-12-17-22)23-18-13-10-14-19-23/h9-14,16-19H,15,20-21H2,1-8H3. The van der Waals surface area contributed by atoms with E-state index in [1.165, 1.54) is 10.4 Å². The monoisotopic (exact) mass is 428 g/mol. The van der Waals surface area contributed by atoms with Crippen LogP contribution < -0.4 is 10.4 Å². The van der Waals surface area contributed by atoms with Crippen LogP contribution in [0.1, 0.15) is 48.0 Å². The maximum absolute atomic E-state index is 6.94. The van der Waals surface area contributed by atoms with Crippen molar-refractivity contribution in [3.8, 4) is 0 Å². The van der Waals surface area contributed by atoms with Gasteiger partial charge in [0.25, 0.3) is 8.32 Å². The van der Waals surface area contributed by atoms with E-state index in [4.69, 9.17) is 8.85 Å². The first-order valence-corrected chi connectivity index (χ1v) is 15.6. The highest BCUT2D eigenvalue weighted by atomic mass is 28.4. The molecule has 0 aliphatic heterocycles. The van der Waals surface area contributed by atoms with Gasteiger partial charge in [0, 0.05) is 13.2 Å². The third-order valence-electron chi connectivity index (χ3n) is 6.29. The Morgan fingerprint density at radius 1 is 0.621 bits per heavy atom. The fourth-order valence-electron chi connectivity index (χ4n) is 3.59. The van der Waals surface area contributed by atoms with Gasteiger partial charge in [-0.15, -0.1) is 0 Å². The summed E-state index contributed by atoms with van der Waals surface area (Å²) in [7, 11) is -4.14.